The van der Waals surface area contributed by atoms with Gasteiger partial charge in [0.2, 0.25) is 0 Å². The van der Waals surface area contributed by atoms with Crippen molar-refractivity contribution >= 4 is 17.3 Å². The van der Waals surface area contributed by atoms with Crippen molar-refractivity contribution in [2.45, 2.75) is 38.3 Å². The highest BCUT2D eigenvalue weighted by Crippen LogP contribution is 2.34. The van der Waals surface area contributed by atoms with Gasteiger partial charge in [0.15, 0.2) is 5.75 Å². The second kappa shape index (κ2) is 6.21. The van der Waals surface area contributed by atoms with Gasteiger partial charge in [-0.15, -0.1) is 0 Å². The molecule has 0 bridgehead atoms. The Morgan fingerprint density at radius 1 is 1.53 bits per heavy atom. The highest BCUT2D eigenvalue weighted by molar-refractivity contribution is 6.30. The van der Waals surface area contributed by atoms with Gasteiger partial charge in [0.05, 0.1) is 4.92 Å². The number of ether oxygens (including phenoxy) is 1. The topological polar surface area (TPSA) is 64.4 Å². The molecular weight excluding hydrogens is 268 g/mol. The van der Waals surface area contributed by atoms with Gasteiger partial charge in [-0.1, -0.05) is 18.5 Å². The number of hydrogen-bond donors (Lipinski definition) is 1. The van der Waals surface area contributed by atoms with Crippen molar-refractivity contribution in [1.29, 1.82) is 0 Å². The van der Waals surface area contributed by atoms with Crippen molar-refractivity contribution < 1.29 is 9.66 Å². The average Bonchev–Trinajstić information content (AvgIpc) is 2.31. The van der Waals surface area contributed by atoms with Crippen molar-refractivity contribution in [3.05, 3.63) is 33.3 Å². The van der Waals surface area contributed by atoms with E-state index in [0.29, 0.717) is 11.1 Å². The van der Waals surface area contributed by atoms with Crippen LogP contribution in [0.1, 0.15) is 26.2 Å². The molecule has 0 radical (unpaired) electrons. The van der Waals surface area contributed by atoms with Crippen LogP contribution in [0.25, 0.3) is 0 Å². The maximum Gasteiger partial charge on any atom is 0.311 e. The summed E-state index contributed by atoms with van der Waals surface area (Å²) in [5, 5.41) is 14.7. The third-order valence-electron chi connectivity index (χ3n) is 3.19. The Morgan fingerprint density at radius 2 is 2.26 bits per heavy atom. The molecule has 1 saturated carbocycles. The molecule has 0 heterocycles. The van der Waals surface area contributed by atoms with E-state index in [2.05, 4.69) is 12.2 Å². The molecule has 2 rings (SSSR count). The van der Waals surface area contributed by atoms with E-state index in [9.17, 15) is 10.1 Å². The van der Waals surface area contributed by atoms with Crippen LogP contribution in [-0.4, -0.2) is 23.6 Å². The molecule has 1 aromatic rings. The molecule has 1 fully saturated rings. The second-order valence-electron chi connectivity index (χ2n) is 4.73. The summed E-state index contributed by atoms with van der Waals surface area (Å²) >= 11 is 5.85. The van der Waals surface area contributed by atoms with Gasteiger partial charge >= 0.3 is 5.69 Å². The molecule has 1 N–H and O–H groups in total. The van der Waals surface area contributed by atoms with Crippen LogP contribution in [0.2, 0.25) is 5.02 Å². The summed E-state index contributed by atoms with van der Waals surface area (Å²) in [5.41, 5.74) is -0.0330. The molecule has 0 aromatic heterocycles. The summed E-state index contributed by atoms with van der Waals surface area (Å²) in [5.74, 6) is 0.261. The summed E-state index contributed by atoms with van der Waals surface area (Å²) in [6, 6.07) is 4.84. The zero-order valence-corrected chi connectivity index (χ0v) is 11.5. The van der Waals surface area contributed by atoms with Gasteiger partial charge in [-0.25, -0.2) is 0 Å². The first kappa shape index (κ1) is 14.1. The van der Waals surface area contributed by atoms with Crippen LogP contribution in [0.3, 0.4) is 0 Å². The quantitative estimate of drug-likeness (QED) is 0.644. The minimum absolute atomic E-state index is 0.0330. The van der Waals surface area contributed by atoms with Crippen LogP contribution in [0.4, 0.5) is 5.69 Å². The molecule has 0 spiro atoms. The van der Waals surface area contributed by atoms with Crippen molar-refractivity contribution in [2.75, 3.05) is 6.54 Å². The van der Waals surface area contributed by atoms with E-state index in [1.54, 1.807) is 0 Å². The van der Waals surface area contributed by atoms with Crippen molar-refractivity contribution in [1.82, 2.24) is 5.32 Å². The standard InChI is InChI=1S/C13H17ClN2O3/c1-2-5-15-10-7-11(8-10)19-13-6-9(14)3-4-12(13)16(17)18/h3-4,6,10-11,15H,2,5,7-8H2,1H3. The smallest absolute Gasteiger partial charge is 0.311 e. The summed E-state index contributed by atoms with van der Waals surface area (Å²) in [6.07, 6.45) is 2.89. The highest BCUT2D eigenvalue weighted by Gasteiger charge is 2.31. The normalized spacial score (nSPS) is 21.8. The zero-order chi connectivity index (χ0) is 13.8. The lowest BCUT2D eigenvalue weighted by Crippen LogP contribution is -2.47. The van der Waals surface area contributed by atoms with Gasteiger partial charge in [0.1, 0.15) is 6.10 Å². The lowest BCUT2D eigenvalue weighted by Gasteiger charge is -2.35. The summed E-state index contributed by atoms with van der Waals surface area (Å²) in [6.45, 7) is 3.11. The summed E-state index contributed by atoms with van der Waals surface area (Å²) in [4.78, 5) is 10.4. The molecule has 5 nitrogen and oxygen atoms in total. The predicted molar refractivity (Wildman–Crippen MR) is 73.8 cm³/mol. The van der Waals surface area contributed by atoms with E-state index in [1.807, 2.05) is 0 Å². The number of nitro benzene ring substituents is 1. The minimum atomic E-state index is -0.447. The highest BCUT2D eigenvalue weighted by atomic mass is 35.5. The molecule has 1 aromatic carbocycles. The number of benzene rings is 1. The van der Waals surface area contributed by atoms with Crippen molar-refractivity contribution in [3.63, 3.8) is 0 Å². The van der Waals surface area contributed by atoms with Gasteiger partial charge in [0, 0.05) is 23.2 Å². The third-order valence-corrected chi connectivity index (χ3v) is 3.43. The van der Waals surface area contributed by atoms with E-state index in [4.69, 9.17) is 16.3 Å². The molecule has 0 atom stereocenters. The number of nitrogens with zero attached hydrogens (tertiary/aromatic N) is 1. The number of rotatable bonds is 6. The maximum atomic E-state index is 10.9. The Morgan fingerprint density at radius 3 is 2.89 bits per heavy atom. The number of nitro groups is 1. The summed E-state index contributed by atoms with van der Waals surface area (Å²) in [7, 11) is 0. The Bertz CT molecular complexity index is 461. The van der Waals surface area contributed by atoms with E-state index < -0.39 is 4.92 Å². The largest absolute Gasteiger partial charge is 0.483 e. The Labute approximate surface area is 117 Å². The first-order chi connectivity index (χ1) is 9.10. The zero-order valence-electron chi connectivity index (χ0n) is 10.8. The monoisotopic (exact) mass is 284 g/mol. The van der Waals surface area contributed by atoms with Crippen LogP contribution in [0, 0.1) is 10.1 Å². The van der Waals surface area contributed by atoms with Crippen molar-refractivity contribution in [2.24, 2.45) is 0 Å². The van der Waals surface area contributed by atoms with Crippen LogP contribution >= 0.6 is 11.6 Å². The molecule has 0 unspecified atom stereocenters. The Kier molecular flexibility index (Phi) is 4.61. The molecular formula is C13H17ClN2O3. The van der Waals surface area contributed by atoms with Gasteiger partial charge in [-0.2, -0.15) is 0 Å². The molecule has 0 amide bonds. The van der Waals surface area contributed by atoms with Crippen LogP contribution in [0.15, 0.2) is 18.2 Å². The fourth-order valence-electron chi connectivity index (χ4n) is 2.09. The fraction of sp³-hybridized carbons (Fsp3) is 0.538. The predicted octanol–water partition coefficient (Wildman–Crippen LogP) is 3.16. The van der Waals surface area contributed by atoms with Crippen LogP contribution < -0.4 is 10.1 Å². The molecule has 0 saturated heterocycles. The first-order valence-corrected chi connectivity index (χ1v) is 6.82. The average molecular weight is 285 g/mol. The molecule has 1 aliphatic carbocycles. The van der Waals surface area contributed by atoms with E-state index in [1.165, 1.54) is 18.2 Å². The SMILES string of the molecule is CCCNC1CC(Oc2cc(Cl)ccc2[N+](=O)[O-])C1. The van der Waals surface area contributed by atoms with Gasteiger partial charge in [0.25, 0.3) is 0 Å². The van der Waals surface area contributed by atoms with Crippen molar-refractivity contribution in [3.8, 4) is 5.75 Å². The van der Waals surface area contributed by atoms with Gasteiger partial charge < -0.3 is 10.1 Å². The molecule has 1 aliphatic rings. The van der Waals surface area contributed by atoms with Gasteiger partial charge in [-0.3, -0.25) is 10.1 Å². The number of hydrogen-bond acceptors (Lipinski definition) is 4. The lowest BCUT2D eigenvalue weighted by molar-refractivity contribution is -0.386. The van der Waals surface area contributed by atoms with E-state index >= 15 is 0 Å². The van der Waals surface area contributed by atoms with Crippen LogP contribution in [-0.2, 0) is 0 Å². The molecule has 6 heteroatoms. The van der Waals surface area contributed by atoms with E-state index in [0.717, 1.165) is 25.8 Å². The van der Waals surface area contributed by atoms with Gasteiger partial charge in [-0.05, 0) is 31.9 Å². The first-order valence-electron chi connectivity index (χ1n) is 6.44. The molecule has 0 aliphatic heterocycles. The Balaban J connectivity index is 1.93. The fourth-order valence-corrected chi connectivity index (χ4v) is 2.25. The lowest BCUT2D eigenvalue weighted by atomic mass is 9.89. The van der Waals surface area contributed by atoms with E-state index in [-0.39, 0.29) is 17.5 Å². The van der Waals surface area contributed by atoms with Crippen LogP contribution in [0.5, 0.6) is 5.75 Å². The Hall–Kier alpha value is -1.33. The second-order valence-corrected chi connectivity index (χ2v) is 5.17. The molecule has 19 heavy (non-hydrogen) atoms. The maximum absolute atomic E-state index is 10.9. The number of halogens is 1. The minimum Gasteiger partial charge on any atom is -0.483 e. The number of nitrogens with one attached hydrogen (secondary N) is 1. The third kappa shape index (κ3) is 3.58. The molecule has 104 valence electrons. The summed E-state index contributed by atoms with van der Waals surface area (Å²) < 4.78 is 5.67.